The number of unbranched alkanes of at least 4 members (excludes halogenated alkanes) is 2. The third kappa shape index (κ3) is 4.31. The molecule has 0 aliphatic heterocycles. The molecule has 0 saturated heterocycles. The highest BCUT2D eigenvalue weighted by Crippen LogP contribution is 2.40. The van der Waals surface area contributed by atoms with Crippen LogP contribution in [0.15, 0.2) is 36.4 Å². The van der Waals surface area contributed by atoms with Crippen LogP contribution in [0.4, 0.5) is 11.4 Å². The minimum absolute atomic E-state index is 1.06. The summed E-state index contributed by atoms with van der Waals surface area (Å²) in [5.41, 5.74) is 8.61. The topological polar surface area (TPSA) is 6.48 Å². The van der Waals surface area contributed by atoms with Crippen molar-refractivity contribution in [2.24, 2.45) is 0 Å². The van der Waals surface area contributed by atoms with Crippen LogP contribution in [0.5, 0.6) is 0 Å². The number of nitrogens with zero attached hydrogens (tertiary/aromatic N) is 2. The van der Waals surface area contributed by atoms with Gasteiger partial charge in [0.15, 0.2) is 0 Å². The molecule has 2 aromatic rings. The Balaban J connectivity index is 1.93. The highest BCUT2D eigenvalue weighted by molar-refractivity contribution is 5.82. The van der Waals surface area contributed by atoms with Gasteiger partial charge < -0.3 is 9.80 Å². The molecule has 146 valence electrons. The highest BCUT2D eigenvalue weighted by Gasteiger charge is 2.21. The summed E-state index contributed by atoms with van der Waals surface area (Å²) in [4.78, 5) is 5.04. The molecule has 27 heavy (non-hydrogen) atoms. The van der Waals surface area contributed by atoms with Crippen molar-refractivity contribution in [2.45, 2.75) is 59.8 Å². The van der Waals surface area contributed by atoms with E-state index in [1.165, 1.54) is 72.4 Å². The fourth-order valence-corrected chi connectivity index (χ4v) is 4.19. The van der Waals surface area contributed by atoms with Crippen LogP contribution in [0.25, 0.3) is 11.1 Å². The smallest absolute Gasteiger partial charge is 0.0372 e. The van der Waals surface area contributed by atoms with Gasteiger partial charge >= 0.3 is 0 Å². The zero-order valence-electron chi connectivity index (χ0n) is 17.7. The van der Waals surface area contributed by atoms with E-state index >= 15 is 0 Å². The Morgan fingerprint density at radius 3 is 1.59 bits per heavy atom. The van der Waals surface area contributed by atoms with Gasteiger partial charge in [-0.3, -0.25) is 0 Å². The normalized spacial score (nSPS) is 12.0. The average molecular weight is 365 g/mol. The maximum atomic E-state index is 2.60. The number of hydrogen-bond acceptors (Lipinski definition) is 2. The first kappa shape index (κ1) is 19.8. The van der Waals surface area contributed by atoms with Crippen molar-refractivity contribution in [3.05, 3.63) is 47.5 Å². The van der Waals surface area contributed by atoms with E-state index in [0.717, 1.165) is 19.5 Å². The summed E-state index contributed by atoms with van der Waals surface area (Å²) in [6.45, 7) is 13.5. The Bertz CT molecular complexity index is 738. The van der Waals surface area contributed by atoms with E-state index < -0.39 is 0 Å². The first-order chi connectivity index (χ1) is 13.2. The number of fused-ring (bicyclic) bond motifs is 3. The number of anilines is 2. The minimum atomic E-state index is 1.06. The van der Waals surface area contributed by atoms with Crippen molar-refractivity contribution < 1.29 is 0 Å². The van der Waals surface area contributed by atoms with E-state index in [0.29, 0.717) is 0 Å². The minimum Gasteiger partial charge on any atom is -0.372 e. The molecule has 0 amide bonds. The molecular formula is C25H36N2. The summed E-state index contributed by atoms with van der Waals surface area (Å²) in [7, 11) is 0. The second-order valence-electron chi connectivity index (χ2n) is 7.73. The van der Waals surface area contributed by atoms with Gasteiger partial charge in [-0.25, -0.2) is 0 Å². The third-order valence-electron chi connectivity index (χ3n) is 5.91. The molecule has 0 unspecified atom stereocenters. The van der Waals surface area contributed by atoms with E-state index in [1.807, 2.05) is 0 Å². The molecule has 0 atom stereocenters. The molecule has 2 nitrogen and oxygen atoms in total. The van der Waals surface area contributed by atoms with Crippen LogP contribution in [0.2, 0.25) is 0 Å². The Morgan fingerprint density at radius 2 is 1.15 bits per heavy atom. The van der Waals surface area contributed by atoms with Crippen LogP contribution in [0.3, 0.4) is 0 Å². The first-order valence-corrected chi connectivity index (χ1v) is 11.0. The molecule has 1 aliphatic rings. The maximum Gasteiger partial charge on any atom is 0.0372 e. The quantitative estimate of drug-likeness (QED) is 0.404. The average Bonchev–Trinajstić information content (AvgIpc) is 3.06. The second-order valence-corrected chi connectivity index (χ2v) is 7.73. The lowest BCUT2D eigenvalue weighted by Gasteiger charge is -2.25. The third-order valence-corrected chi connectivity index (χ3v) is 5.91. The van der Waals surface area contributed by atoms with Crippen molar-refractivity contribution in [3.63, 3.8) is 0 Å². The van der Waals surface area contributed by atoms with Crippen molar-refractivity contribution in [1.29, 1.82) is 0 Å². The molecule has 0 saturated carbocycles. The summed E-state index contributed by atoms with van der Waals surface area (Å²) < 4.78 is 0. The number of hydrogen-bond donors (Lipinski definition) is 0. The van der Waals surface area contributed by atoms with Gasteiger partial charge in [-0.15, -0.1) is 0 Å². The number of rotatable bonds is 10. The molecule has 1 aliphatic carbocycles. The van der Waals surface area contributed by atoms with Crippen molar-refractivity contribution in [1.82, 2.24) is 0 Å². The Kier molecular flexibility index (Phi) is 6.82. The fourth-order valence-electron chi connectivity index (χ4n) is 4.19. The molecule has 0 N–H and O–H groups in total. The monoisotopic (exact) mass is 364 g/mol. The van der Waals surface area contributed by atoms with E-state index in [9.17, 15) is 0 Å². The largest absolute Gasteiger partial charge is 0.372 e. The first-order valence-electron chi connectivity index (χ1n) is 11.0. The molecule has 3 rings (SSSR count). The lowest BCUT2D eigenvalue weighted by Crippen LogP contribution is -2.25. The predicted octanol–water partition coefficient (Wildman–Crippen LogP) is 6.51. The van der Waals surface area contributed by atoms with Gasteiger partial charge in [-0.1, -0.05) is 38.8 Å². The van der Waals surface area contributed by atoms with Crippen LogP contribution in [0, 0.1) is 0 Å². The van der Waals surface area contributed by atoms with Crippen LogP contribution in [-0.4, -0.2) is 26.2 Å². The summed E-state index contributed by atoms with van der Waals surface area (Å²) in [6, 6.07) is 14.2. The van der Waals surface area contributed by atoms with E-state index in [2.05, 4.69) is 73.9 Å². The second kappa shape index (κ2) is 9.30. The predicted molar refractivity (Wildman–Crippen MR) is 120 cm³/mol. The zero-order chi connectivity index (χ0) is 19.2. The van der Waals surface area contributed by atoms with Gasteiger partial charge in [0.25, 0.3) is 0 Å². The summed E-state index contributed by atoms with van der Waals surface area (Å²) in [6.07, 6.45) is 6.12. The van der Waals surface area contributed by atoms with Gasteiger partial charge in [-0.05, 0) is 79.6 Å². The van der Waals surface area contributed by atoms with Crippen molar-refractivity contribution >= 4 is 11.4 Å². The molecule has 2 aromatic carbocycles. The van der Waals surface area contributed by atoms with Crippen LogP contribution < -0.4 is 9.80 Å². The van der Waals surface area contributed by atoms with Gasteiger partial charge in [-0.2, -0.15) is 0 Å². The van der Waals surface area contributed by atoms with Gasteiger partial charge in [0.2, 0.25) is 0 Å². The molecule has 0 radical (unpaired) electrons. The SMILES string of the molecule is CCCCN(CCCC)c1ccc2c(c1)-c1cc(N(CC)CC)ccc1C2. The Morgan fingerprint density at radius 1 is 0.667 bits per heavy atom. The molecular weight excluding hydrogens is 328 g/mol. The maximum absolute atomic E-state index is 2.60. The summed E-state index contributed by atoms with van der Waals surface area (Å²) in [5.74, 6) is 0. The number of benzene rings is 2. The fraction of sp³-hybridized carbons (Fsp3) is 0.520. The van der Waals surface area contributed by atoms with Crippen LogP contribution >= 0.6 is 0 Å². The molecule has 0 spiro atoms. The molecule has 0 bridgehead atoms. The van der Waals surface area contributed by atoms with Gasteiger partial charge in [0.1, 0.15) is 0 Å². The van der Waals surface area contributed by atoms with Crippen molar-refractivity contribution in [3.8, 4) is 11.1 Å². The van der Waals surface area contributed by atoms with Gasteiger partial charge in [0, 0.05) is 37.6 Å². The highest BCUT2D eigenvalue weighted by atomic mass is 15.1. The standard InChI is InChI=1S/C25H36N2/c1-5-9-15-27(16-10-6-2)23-14-12-21-17-20-11-13-22(26(7-3)8-4)18-24(20)25(21)19-23/h11-14,18-19H,5-10,15-17H2,1-4H3. The lowest BCUT2D eigenvalue weighted by atomic mass is 10.0. The zero-order valence-corrected chi connectivity index (χ0v) is 17.7. The van der Waals surface area contributed by atoms with Gasteiger partial charge in [0.05, 0.1) is 0 Å². The Hall–Kier alpha value is -1.96. The molecule has 0 fully saturated rings. The van der Waals surface area contributed by atoms with E-state index in [-0.39, 0.29) is 0 Å². The summed E-state index contributed by atoms with van der Waals surface area (Å²) >= 11 is 0. The summed E-state index contributed by atoms with van der Waals surface area (Å²) in [5, 5.41) is 0. The van der Waals surface area contributed by atoms with Crippen molar-refractivity contribution in [2.75, 3.05) is 36.0 Å². The van der Waals surface area contributed by atoms with Crippen LogP contribution in [-0.2, 0) is 6.42 Å². The van der Waals surface area contributed by atoms with Crippen LogP contribution in [0.1, 0.15) is 64.5 Å². The molecule has 2 heteroatoms. The lowest BCUT2D eigenvalue weighted by molar-refractivity contribution is 0.678. The van der Waals surface area contributed by atoms with E-state index in [1.54, 1.807) is 0 Å². The molecule has 0 aromatic heterocycles. The van der Waals surface area contributed by atoms with E-state index in [4.69, 9.17) is 0 Å². The Labute approximate surface area is 166 Å². The molecule has 0 heterocycles.